The number of rotatable bonds is 9. The van der Waals surface area contributed by atoms with Crippen molar-refractivity contribution in [1.82, 2.24) is 0 Å². The molecule has 9 atom stereocenters. The van der Waals surface area contributed by atoms with Gasteiger partial charge in [0.05, 0.1) is 0 Å². The van der Waals surface area contributed by atoms with Gasteiger partial charge in [0.1, 0.15) is 0 Å². The molecule has 4 aliphatic rings. The summed E-state index contributed by atoms with van der Waals surface area (Å²) in [6.07, 6.45) is 2.01. The first-order chi connectivity index (χ1) is 24.7. The van der Waals surface area contributed by atoms with Crippen molar-refractivity contribution in [2.75, 3.05) is 6.61 Å². The number of fused-ring (bicyclic) bond motifs is 5. The quantitative estimate of drug-likeness (QED) is 0.195. The third-order valence-electron chi connectivity index (χ3n) is 11.3. The van der Waals surface area contributed by atoms with E-state index in [4.69, 9.17) is 23.7 Å². The molecular formula is C41H48O10Te. The zero-order chi connectivity index (χ0) is 37.3. The summed E-state index contributed by atoms with van der Waals surface area (Å²) in [5.74, 6) is -0.695. The molecule has 0 radical (unpaired) electrons. The summed E-state index contributed by atoms with van der Waals surface area (Å²) in [4.78, 5) is 62.0. The van der Waals surface area contributed by atoms with E-state index in [1.165, 1.54) is 42.4 Å². The van der Waals surface area contributed by atoms with Gasteiger partial charge >= 0.3 is 317 Å². The molecule has 11 heteroatoms. The van der Waals surface area contributed by atoms with Gasteiger partial charge in [-0.25, -0.2) is 0 Å². The van der Waals surface area contributed by atoms with E-state index in [-0.39, 0.29) is 12.0 Å². The third kappa shape index (κ3) is 8.17. The Labute approximate surface area is 315 Å². The van der Waals surface area contributed by atoms with Crippen molar-refractivity contribution in [3.63, 3.8) is 0 Å². The van der Waals surface area contributed by atoms with Gasteiger partial charge in [-0.1, -0.05) is 0 Å². The van der Waals surface area contributed by atoms with Crippen LogP contribution < -0.4 is 3.61 Å². The predicted octanol–water partition coefficient (Wildman–Crippen LogP) is 4.92. The van der Waals surface area contributed by atoms with Crippen LogP contribution in [0.2, 0.25) is 0 Å². The van der Waals surface area contributed by atoms with Crippen LogP contribution in [0, 0.1) is 24.2 Å². The number of hydrogen-bond donors (Lipinski definition) is 0. The predicted molar refractivity (Wildman–Crippen MR) is 193 cm³/mol. The van der Waals surface area contributed by atoms with Crippen molar-refractivity contribution < 1.29 is 47.7 Å². The van der Waals surface area contributed by atoms with E-state index in [2.05, 4.69) is 49.4 Å². The van der Waals surface area contributed by atoms with Crippen molar-refractivity contribution >= 4 is 57.8 Å². The number of ketones is 1. The number of carbonyl (C=O) groups excluding carboxylic acids is 5. The Morgan fingerprint density at radius 3 is 2.19 bits per heavy atom. The van der Waals surface area contributed by atoms with Crippen molar-refractivity contribution in [2.24, 2.45) is 17.3 Å². The molecule has 2 saturated carbocycles. The summed E-state index contributed by atoms with van der Waals surface area (Å²) in [6.45, 7) is 8.91. The molecule has 3 aliphatic carbocycles. The molecule has 2 aromatic carbocycles. The van der Waals surface area contributed by atoms with E-state index < -0.39 is 75.3 Å². The number of aryl methyl sites for hydroxylation is 2. The van der Waals surface area contributed by atoms with Gasteiger partial charge in [0.15, 0.2) is 0 Å². The first-order valence-corrected chi connectivity index (χ1v) is 20.5. The van der Waals surface area contributed by atoms with Gasteiger partial charge in [-0.05, 0) is 0 Å². The van der Waals surface area contributed by atoms with Gasteiger partial charge in [0.2, 0.25) is 0 Å². The molecule has 0 bridgehead atoms. The maximum atomic E-state index is 12.9. The van der Waals surface area contributed by atoms with Crippen LogP contribution in [0.25, 0.3) is 3.62 Å². The number of Topliss-reactive ketones (excluding diaryl/α,β-unsaturated/α-hetero) is 1. The molecule has 0 N–H and O–H groups in total. The van der Waals surface area contributed by atoms with Crippen LogP contribution in [0.3, 0.4) is 0 Å². The standard InChI is InChI=1S/C41H48O10Te/c1-22-7-11-29(12-8-22)52-36(28-10-13-30-27(19-28)9-14-32-31(30)17-18-41(6)33(32)15-16-37(41)46)20-34-38(48-24(3)43)40(50-26(5)45)39(49-25(4)44)35(51-34)21-47-23(2)42/h7-8,10-13,19-20,31-35,38-40H,9,14-18,21H2,1-6H3/b36-20+/t31-,32-,33+,34-,35-,38+,39-,40-,41+/m1/s1. The zero-order valence-corrected chi connectivity index (χ0v) is 33.0. The average Bonchev–Trinajstić information content (AvgIpc) is 3.39. The van der Waals surface area contributed by atoms with Crippen LogP contribution >= 0.6 is 0 Å². The van der Waals surface area contributed by atoms with E-state index in [0.29, 0.717) is 30.0 Å². The fourth-order valence-electron chi connectivity index (χ4n) is 8.97. The molecule has 278 valence electrons. The summed E-state index contributed by atoms with van der Waals surface area (Å²) < 4.78 is 31.2. The van der Waals surface area contributed by atoms with E-state index in [9.17, 15) is 24.0 Å². The monoisotopic (exact) mass is 830 g/mol. The number of benzene rings is 2. The van der Waals surface area contributed by atoms with Crippen LogP contribution in [0.4, 0.5) is 0 Å². The Bertz CT molecular complexity index is 1750. The molecule has 2 aromatic rings. The molecule has 1 aliphatic heterocycles. The van der Waals surface area contributed by atoms with Gasteiger partial charge in [-0.3, -0.25) is 0 Å². The van der Waals surface area contributed by atoms with E-state index >= 15 is 0 Å². The van der Waals surface area contributed by atoms with Gasteiger partial charge in [0, 0.05) is 0 Å². The molecule has 0 spiro atoms. The van der Waals surface area contributed by atoms with Crippen LogP contribution in [0.5, 0.6) is 0 Å². The second-order valence-electron chi connectivity index (χ2n) is 14.9. The molecule has 52 heavy (non-hydrogen) atoms. The van der Waals surface area contributed by atoms with Gasteiger partial charge in [-0.15, -0.1) is 0 Å². The minimum atomic E-state index is -1.23. The van der Waals surface area contributed by atoms with Crippen molar-refractivity contribution in [1.29, 1.82) is 0 Å². The summed E-state index contributed by atoms with van der Waals surface area (Å²) >= 11 is -1.06. The van der Waals surface area contributed by atoms with Crippen LogP contribution in [0.15, 0.2) is 48.5 Å². The Morgan fingerprint density at radius 1 is 0.846 bits per heavy atom. The van der Waals surface area contributed by atoms with Gasteiger partial charge < -0.3 is 0 Å². The zero-order valence-electron chi connectivity index (χ0n) is 30.7. The molecule has 10 nitrogen and oxygen atoms in total. The number of ether oxygens (including phenoxy) is 5. The molecule has 0 unspecified atom stereocenters. The number of esters is 4. The van der Waals surface area contributed by atoms with Crippen LogP contribution in [0.1, 0.15) is 94.9 Å². The average molecular weight is 828 g/mol. The van der Waals surface area contributed by atoms with E-state index in [1.54, 1.807) is 0 Å². The number of hydrogen-bond acceptors (Lipinski definition) is 10. The first kappa shape index (κ1) is 38.2. The Hall–Kier alpha value is -3.52. The fourth-order valence-corrected chi connectivity index (χ4v) is 11.8. The summed E-state index contributed by atoms with van der Waals surface area (Å²) in [5.41, 5.74) is 4.69. The van der Waals surface area contributed by atoms with E-state index in [1.807, 2.05) is 13.0 Å². The summed E-state index contributed by atoms with van der Waals surface area (Å²) in [5, 5.41) is 0. The first-order valence-electron chi connectivity index (χ1n) is 18.2. The van der Waals surface area contributed by atoms with Crippen molar-refractivity contribution in [3.8, 4) is 0 Å². The van der Waals surface area contributed by atoms with Gasteiger partial charge in [-0.2, -0.15) is 0 Å². The van der Waals surface area contributed by atoms with Crippen LogP contribution in [-0.2, 0) is 54.1 Å². The molecule has 1 heterocycles. The van der Waals surface area contributed by atoms with Crippen molar-refractivity contribution in [3.05, 3.63) is 70.8 Å². The van der Waals surface area contributed by atoms with Gasteiger partial charge in [0.25, 0.3) is 0 Å². The Morgan fingerprint density at radius 2 is 1.52 bits per heavy atom. The molecule has 0 amide bonds. The van der Waals surface area contributed by atoms with Crippen molar-refractivity contribution in [2.45, 2.75) is 117 Å². The molecule has 1 saturated heterocycles. The summed E-state index contributed by atoms with van der Waals surface area (Å²) in [7, 11) is 0. The topological polar surface area (TPSA) is 132 Å². The molecule has 0 aromatic heterocycles. The maximum absolute atomic E-state index is 12.9. The fraction of sp³-hybridized carbons (Fsp3) is 0.537. The SMILES string of the molecule is CC(=O)OC[C@H]1O[C@H](/C=C(/[Te]c2ccc(C)cc2)c2ccc3c(c2)CC[C@@H]2[C@@H]3CC[C@]3(C)C(=O)CC[C@@H]23)[C@H](OC(C)=O)[C@@H](OC(C)=O)[C@@H]1OC(C)=O. The normalized spacial score (nSPS) is 31.0. The van der Waals surface area contributed by atoms with E-state index in [0.717, 1.165) is 46.9 Å². The Kier molecular flexibility index (Phi) is 11.6. The number of carbonyl (C=O) groups is 5. The van der Waals surface area contributed by atoms with Crippen LogP contribution in [-0.4, -0.2) is 87.7 Å². The third-order valence-corrected chi connectivity index (χ3v) is 14.4. The Balaban J connectivity index is 1.41. The molecular weight excluding hydrogens is 780 g/mol. The second kappa shape index (κ2) is 15.8. The minimum absolute atomic E-state index is 0.183. The second-order valence-corrected chi connectivity index (χ2v) is 18.0. The molecule has 3 fully saturated rings. The summed E-state index contributed by atoms with van der Waals surface area (Å²) in [6, 6.07) is 15.2. The molecule has 6 rings (SSSR count).